The third kappa shape index (κ3) is 5.51. The van der Waals surface area contributed by atoms with E-state index >= 15 is 0 Å². The summed E-state index contributed by atoms with van der Waals surface area (Å²) in [4.78, 5) is 11.3. The maximum absolute atomic E-state index is 13.1. The minimum atomic E-state index is -3.92. The van der Waals surface area contributed by atoms with Crippen molar-refractivity contribution in [3.05, 3.63) is 29.8 Å². The Morgan fingerprint density at radius 2 is 1.81 bits per heavy atom. The van der Waals surface area contributed by atoms with Crippen LogP contribution in [0.25, 0.3) is 0 Å². The zero-order valence-electron chi connectivity index (χ0n) is 15.9. The van der Waals surface area contributed by atoms with Gasteiger partial charge in [-0.2, -0.15) is 4.31 Å². The van der Waals surface area contributed by atoms with Gasteiger partial charge in [0.05, 0.1) is 18.1 Å². The van der Waals surface area contributed by atoms with Gasteiger partial charge in [0.2, 0.25) is 10.0 Å². The summed E-state index contributed by atoms with van der Waals surface area (Å²) in [5, 5.41) is 20.4. The molecule has 1 aromatic rings. The summed E-state index contributed by atoms with van der Waals surface area (Å²) >= 11 is 0. The molecule has 0 unspecified atom stereocenters. The average Bonchev–Trinajstić information content (AvgIpc) is 2.64. The van der Waals surface area contributed by atoms with Crippen molar-refractivity contribution in [3.63, 3.8) is 0 Å². The second-order valence-corrected chi connectivity index (χ2v) is 8.88. The Kier molecular flexibility index (Phi) is 7.79. The Morgan fingerprint density at radius 1 is 1.15 bits per heavy atom. The highest BCUT2D eigenvalue weighted by molar-refractivity contribution is 7.89. The van der Waals surface area contributed by atoms with E-state index in [1.807, 2.05) is 6.92 Å². The van der Waals surface area contributed by atoms with Gasteiger partial charge in [0.25, 0.3) is 0 Å². The molecule has 1 aliphatic rings. The summed E-state index contributed by atoms with van der Waals surface area (Å²) in [7, 11) is -2.57. The standard InChI is InChI=1S/C19H29NO6S/c1-14-8-11-16(12-9-14)27(24,25)20-15(10-13-17(21)19(20)23)6-4-3-5-7-18(22)26-2/h8-9,11-12,15,17,19,21,23H,3-7,10,13H2,1-2H3/t15-,17+,19+/m1/s1. The number of hydrogen-bond acceptors (Lipinski definition) is 6. The van der Waals surface area contributed by atoms with Crippen LogP contribution in [0, 0.1) is 6.92 Å². The van der Waals surface area contributed by atoms with Crippen LogP contribution in [-0.4, -0.2) is 54.4 Å². The molecule has 0 radical (unpaired) electrons. The van der Waals surface area contributed by atoms with Gasteiger partial charge in [0, 0.05) is 12.5 Å². The van der Waals surface area contributed by atoms with Crippen LogP contribution in [0.1, 0.15) is 50.5 Å². The fraction of sp³-hybridized carbons (Fsp3) is 0.632. The fourth-order valence-corrected chi connectivity index (χ4v) is 5.15. The molecule has 0 spiro atoms. The number of carbonyl (C=O) groups excluding carboxylic acids is 1. The minimum absolute atomic E-state index is 0.108. The molecule has 1 saturated heterocycles. The smallest absolute Gasteiger partial charge is 0.305 e. The van der Waals surface area contributed by atoms with Gasteiger partial charge < -0.3 is 14.9 Å². The van der Waals surface area contributed by atoms with Crippen LogP contribution in [0.2, 0.25) is 0 Å². The van der Waals surface area contributed by atoms with Crippen molar-refractivity contribution in [2.24, 2.45) is 0 Å². The van der Waals surface area contributed by atoms with Crippen molar-refractivity contribution in [2.75, 3.05) is 7.11 Å². The van der Waals surface area contributed by atoms with Gasteiger partial charge in [-0.3, -0.25) is 4.79 Å². The van der Waals surface area contributed by atoms with Crippen LogP contribution in [-0.2, 0) is 19.6 Å². The maximum Gasteiger partial charge on any atom is 0.305 e. The maximum atomic E-state index is 13.1. The van der Waals surface area contributed by atoms with E-state index in [1.165, 1.54) is 19.2 Å². The third-order valence-corrected chi connectivity index (χ3v) is 6.94. The predicted molar refractivity (Wildman–Crippen MR) is 100 cm³/mol. The number of sulfonamides is 1. The van der Waals surface area contributed by atoms with E-state index in [0.29, 0.717) is 32.1 Å². The summed E-state index contributed by atoms with van der Waals surface area (Å²) in [6.45, 7) is 1.87. The van der Waals surface area contributed by atoms with Gasteiger partial charge in [-0.15, -0.1) is 0 Å². The van der Waals surface area contributed by atoms with E-state index in [4.69, 9.17) is 0 Å². The highest BCUT2D eigenvalue weighted by Crippen LogP contribution is 2.31. The number of ether oxygens (including phenoxy) is 1. The number of hydrogen-bond donors (Lipinski definition) is 2. The number of aryl methyl sites for hydroxylation is 1. The Balaban J connectivity index is 2.08. The molecule has 0 aliphatic carbocycles. The van der Waals surface area contributed by atoms with Crippen molar-refractivity contribution in [3.8, 4) is 0 Å². The van der Waals surface area contributed by atoms with Gasteiger partial charge in [-0.1, -0.05) is 30.5 Å². The van der Waals surface area contributed by atoms with E-state index in [-0.39, 0.29) is 16.9 Å². The monoisotopic (exact) mass is 399 g/mol. The molecule has 3 atom stereocenters. The first-order valence-corrected chi connectivity index (χ1v) is 10.7. The number of piperidine rings is 1. The van der Waals surface area contributed by atoms with Gasteiger partial charge in [0.1, 0.15) is 6.23 Å². The largest absolute Gasteiger partial charge is 0.469 e. The van der Waals surface area contributed by atoms with Crippen molar-refractivity contribution in [1.82, 2.24) is 4.31 Å². The molecular weight excluding hydrogens is 370 g/mol. The summed E-state index contributed by atoms with van der Waals surface area (Å²) in [6.07, 6.45) is 1.37. The van der Waals surface area contributed by atoms with Gasteiger partial charge >= 0.3 is 5.97 Å². The van der Waals surface area contributed by atoms with Crippen LogP contribution >= 0.6 is 0 Å². The molecule has 0 aromatic heterocycles. The first-order chi connectivity index (χ1) is 12.8. The SMILES string of the molecule is COC(=O)CCCCC[C@@H]1CC[C@H](O)[C@H](O)N1S(=O)(=O)c1ccc(C)cc1. The van der Waals surface area contributed by atoms with Crippen LogP contribution in [0.4, 0.5) is 0 Å². The normalized spacial score (nSPS) is 23.9. The lowest BCUT2D eigenvalue weighted by Crippen LogP contribution is -2.55. The number of esters is 1. The van der Waals surface area contributed by atoms with Crippen LogP contribution < -0.4 is 0 Å². The van der Waals surface area contributed by atoms with Crippen molar-refractivity contribution in [2.45, 2.75) is 75.1 Å². The molecule has 27 heavy (non-hydrogen) atoms. The zero-order valence-corrected chi connectivity index (χ0v) is 16.7. The molecule has 2 N–H and O–H groups in total. The number of unbranched alkanes of at least 4 members (excludes halogenated alkanes) is 2. The molecule has 2 rings (SSSR count). The Morgan fingerprint density at radius 3 is 2.44 bits per heavy atom. The molecule has 8 heteroatoms. The van der Waals surface area contributed by atoms with Gasteiger partial charge in [-0.25, -0.2) is 8.42 Å². The Labute approximate surface area is 161 Å². The fourth-order valence-electron chi connectivity index (χ4n) is 3.40. The van der Waals surface area contributed by atoms with E-state index in [0.717, 1.165) is 22.7 Å². The minimum Gasteiger partial charge on any atom is -0.469 e. The molecule has 1 heterocycles. The Bertz CT molecular complexity index is 718. The van der Waals surface area contributed by atoms with Crippen molar-refractivity contribution in [1.29, 1.82) is 0 Å². The van der Waals surface area contributed by atoms with E-state index < -0.39 is 22.4 Å². The molecule has 1 fully saturated rings. The summed E-state index contributed by atoms with van der Waals surface area (Å²) < 4.78 is 31.8. The lowest BCUT2D eigenvalue weighted by molar-refractivity contribution is -0.140. The summed E-state index contributed by atoms with van der Waals surface area (Å²) in [5.74, 6) is -0.255. The second kappa shape index (κ2) is 9.64. The molecule has 7 nitrogen and oxygen atoms in total. The summed E-state index contributed by atoms with van der Waals surface area (Å²) in [6, 6.07) is 6.08. The summed E-state index contributed by atoms with van der Waals surface area (Å²) in [5.41, 5.74) is 0.940. The second-order valence-electron chi connectivity index (χ2n) is 7.04. The topological polar surface area (TPSA) is 104 Å². The molecule has 152 valence electrons. The highest BCUT2D eigenvalue weighted by Gasteiger charge is 2.42. The number of rotatable bonds is 8. The van der Waals surface area contributed by atoms with Crippen molar-refractivity contribution < 1.29 is 28.2 Å². The highest BCUT2D eigenvalue weighted by atomic mass is 32.2. The molecule has 1 aromatic carbocycles. The zero-order chi connectivity index (χ0) is 20.0. The van der Waals surface area contributed by atoms with Crippen LogP contribution in [0.5, 0.6) is 0 Å². The quantitative estimate of drug-likeness (QED) is 0.511. The Hall–Kier alpha value is -1.48. The molecule has 0 amide bonds. The third-order valence-electron chi connectivity index (χ3n) is 5.00. The number of carbonyl (C=O) groups is 1. The lowest BCUT2D eigenvalue weighted by atomic mass is 9.96. The number of aliphatic hydroxyl groups is 2. The number of benzene rings is 1. The van der Waals surface area contributed by atoms with Crippen LogP contribution in [0.3, 0.4) is 0 Å². The van der Waals surface area contributed by atoms with Gasteiger partial charge in [-0.05, 0) is 44.7 Å². The first kappa shape index (κ1) is 21.8. The molecule has 0 saturated carbocycles. The number of methoxy groups -OCH3 is 1. The molecule has 0 bridgehead atoms. The number of nitrogens with zero attached hydrogens (tertiary/aromatic N) is 1. The van der Waals surface area contributed by atoms with Crippen molar-refractivity contribution >= 4 is 16.0 Å². The van der Waals surface area contributed by atoms with E-state index in [2.05, 4.69) is 4.74 Å². The van der Waals surface area contributed by atoms with Gasteiger partial charge in [0.15, 0.2) is 0 Å². The van der Waals surface area contributed by atoms with E-state index in [1.54, 1.807) is 12.1 Å². The molecule has 1 aliphatic heterocycles. The average molecular weight is 400 g/mol. The first-order valence-electron chi connectivity index (χ1n) is 9.30. The predicted octanol–water partition coefficient (Wildman–Crippen LogP) is 1.95. The van der Waals surface area contributed by atoms with E-state index in [9.17, 15) is 23.4 Å². The number of aliphatic hydroxyl groups excluding tert-OH is 2. The van der Waals surface area contributed by atoms with Crippen LogP contribution in [0.15, 0.2) is 29.2 Å². The lowest BCUT2D eigenvalue weighted by Gasteiger charge is -2.41. The molecular formula is C19H29NO6S.